The zero-order valence-corrected chi connectivity index (χ0v) is 7.36. The molecular formula is C8H12N4O. The molecule has 0 bridgehead atoms. The van der Waals surface area contributed by atoms with Gasteiger partial charge in [-0.1, -0.05) is 5.16 Å². The van der Waals surface area contributed by atoms with Crippen molar-refractivity contribution in [3.05, 3.63) is 29.6 Å². The normalized spacial score (nSPS) is 11.6. The molecule has 1 heterocycles. The first-order valence-electron chi connectivity index (χ1n) is 3.85. The number of hydrogen-bond donors (Lipinski definition) is 3. The molecule has 0 aliphatic rings. The van der Waals surface area contributed by atoms with E-state index in [1.165, 1.54) is 0 Å². The first kappa shape index (κ1) is 9.47. The van der Waals surface area contributed by atoms with E-state index in [1.54, 1.807) is 12.3 Å². The summed E-state index contributed by atoms with van der Waals surface area (Å²) in [5.74, 6) is 0.0259. The Labute approximate surface area is 76.3 Å². The molecule has 0 fully saturated rings. The molecule has 0 aliphatic heterocycles. The number of hydrogen-bond acceptors (Lipinski definition) is 4. The number of aromatic nitrogens is 1. The van der Waals surface area contributed by atoms with Gasteiger partial charge in [0.15, 0.2) is 5.84 Å². The topological polar surface area (TPSA) is 83.5 Å². The number of nitrogens with two attached hydrogens (primary N) is 1. The predicted octanol–water partition coefficient (Wildman–Crippen LogP) is -0.105. The summed E-state index contributed by atoms with van der Waals surface area (Å²) in [7, 11) is 1.85. The highest BCUT2D eigenvalue weighted by molar-refractivity contribution is 5.95. The Balaban J connectivity index is 2.91. The lowest BCUT2D eigenvalue weighted by atomic mass is 10.2. The summed E-state index contributed by atoms with van der Waals surface area (Å²) in [5, 5.41) is 14.3. The SMILES string of the molecule is CNCc1ccnc(C(N)=NO)c1. The van der Waals surface area contributed by atoms with Gasteiger partial charge in [-0.25, -0.2) is 0 Å². The maximum Gasteiger partial charge on any atom is 0.188 e. The fourth-order valence-corrected chi connectivity index (χ4v) is 0.980. The number of rotatable bonds is 3. The molecule has 0 atom stereocenters. The largest absolute Gasteiger partial charge is 0.409 e. The van der Waals surface area contributed by atoms with Gasteiger partial charge in [-0.2, -0.15) is 0 Å². The highest BCUT2D eigenvalue weighted by Crippen LogP contribution is 2.00. The third-order valence-corrected chi connectivity index (χ3v) is 1.58. The Morgan fingerprint density at radius 3 is 3.15 bits per heavy atom. The standard InChI is InChI=1S/C8H12N4O/c1-10-5-6-2-3-11-7(4-6)8(9)12-13/h2-4,10,13H,5H2,1H3,(H2,9,12). The molecule has 5 heteroatoms. The molecule has 0 aliphatic carbocycles. The average molecular weight is 180 g/mol. The van der Waals surface area contributed by atoms with Gasteiger partial charge in [-0.3, -0.25) is 4.98 Å². The Hall–Kier alpha value is -1.62. The molecule has 0 amide bonds. The Morgan fingerprint density at radius 2 is 2.54 bits per heavy atom. The van der Waals surface area contributed by atoms with Crippen LogP contribution < -0.4 is 11.1 Å². The van der Waals surface area contributed by atoms with Crippen molar-refractivity contribution in [3.8, 4) is 0 Å². The molecule has 0 aromatic carbocycles. The van der Waals surface area contributed by atoms with E-state index in [9.17, 15) is 0 Å². The van der Waals surface area contributed by atoms with Gasteiger partial charge in [0.2, 0.25) is 0 Å². The fourth-order valence-electron chi connectivity index (χ4n) is 0.980. The van der Waals surface area contributed by atoms with Crippen LogP contribution in [0.2, 0.25) is 0 Å². The minimum Gasteiger partial charge on any atom is -0.409 e. The Bertz CT molecular complexity index is 311. The zero-order chi connectivity index (χ0) is 9.68. The van der Waals surface area contributed by atoms with Crippen molar-refractivity contribution in [2.24, 2.45) is 10.9 Å². The number of nitrogens with zero attached hydrogens (tertiary/aromatic N) is 2. The predicted molar refractivity (Wildman–Crippen MR) is 49.5 cm³/mol. The Morgan fingerprint density at radius 1 is 1.77 bits per heavy atom. The summed E-state index contributed by atoms with van der Waals surface area (Å²) in [5.41, 5.74) is 6.90. The molecule has 4 N–H and O–H groups in total. The molecule has 0 saturated heterocycles. The van der Waals surface area contributed by atoms with Gasteiger partial charge in [0.05, 0.1) is 0 Å². The molecule has 5 nitrogen and oxygen atoms in total. The lowest BCUT2D eigenvalue weighted by Gasteiger charge is -2.01. The van der Waals surface area contributed by atoms with Crippen LogP contribution in [-0.4, -0.2) is 23.1 Å². The van der Waals surface area contributed by atoms with Crippen LogP contribution in [0.25, 0.3) is 0 Å². The summed E-state index contributed by atoms with van der Waals surface area (Å²) < 4.78 is 0. The first-order chi connectivity index (χ1) is 6.27. The smallest absolute Gasteiger partial charge is 0.188 e. The third-order valence-electron chi connectivity index (χ3n) is 1.58. The van der Waals surface area contributed by atoms with Gasteiger partial charge in [0, 0.05) is 12.7 Å². The summed E-state index contributed by atoms with van der Waals surface area (Å²) in [6.45, 7) is 0.730. The monoisotopic (exact) mass is 180 g/mol. The van der Waals surface area contributed by atoms with Crippen molar-refractivity contribution < 1.29 is 5.21 Å². The minimum absolute atomic E-state index is 0.0259. The quantitative estimate of drug-likeness (QED) is 0.262. The fraction of sp³-hybridized carbons (Fsp3) is 0.250. The van der Waals surface area contributed by atoms with E-state index in [0.29, 0.717) is 5.69 Å². The van der Waals surface area contributed by atoms with E-state index < -0.39 is 0 Å². The number of nitrogens with one attached hydrogen (secondary N) is 1. The molecule has 0 radical (unpaired) electrons. The van der Waals surface area contributed by atoms with E-state index >= 15 is 0 Å². The second-order valence-corrected chi connectivity index (χ2v) is 2.56. The van der Waals surface area contributed by atoms with Gasteiger partial charge >= 0.3 is 0 Å². The van der Waals surface area contributed by atoms with Crippen LogP contribution in [-0.2, 0) is 6.54 Å². The molecule has 1 aromatic rings. The molecule has 70 valence electrons. The van der Waals surface area contributed by atoms with Crippen molar-refractivity contribution >= 4 is 5.84 Å². The number of pyridine rings is 1. The van der Waals surface area contributed by atoms with Crippen LogP contribution in [0.5, 0.6) is 0 Å². The maximum absolute atomic E-state index is 8.42. The summed E-state index contributed by atoms with van der Waals surface area (Å²) in [4.78, 5) is 3.95. The van der Waals surface area contributed by atoms with Gasteiger partial charge in [-0.15, -0.1) is 0 Å². The van der Waals surface area contributed by atoms with Crippen LogP contribution in [0, 0.1) is 0 Å². The van der Waals surface area contributed by atoms with Gasteiger partial charge < -0.3 is 16.3 Å². The molecule has 0 saturated carbocycles. The molecule has 0 unspecified atom stereocenters. The van der Waals surface area contributed by atoms with Crippen LogP contribution in [0.15, 0.2) is 23.5 Å². The Kier molecular flexibility index (Phi) is 3.22. The molecule has 0 spiro atoms. The second kappa shape index (κ2) is 4.42. The number of amidine groups is 1. The highest BCUT2D eigenvalue weighted by atomic mass is 16.4. The van der Waals surface area contributed by atoms with Crippen molar-refractivity contribution in [2.75, 3.05) is 7.05 Å². The molecular weight excluding hydrogens is 168 g/mol. The van der Waals surface area contributed by atoms with E-state index in [1.807, 2.05) is 13.1 Å². The maximum atomic E-state index is 8.42. The molecule has 13 heavy (non-hydrogen) atoms. The van der Waals surface area contributed by atoms with Crippen molar-refractivity contribution in [1.82, 2.24) is 10.3 Å². The average Bonchev–Trinajstić information content (AvgIpc) is 2.18. The van der Waals surface area contributed by atoms with E-state index in [0.717, 1.165) is 12.1 Å². The first-order valence-corrected chi connectivity index (χ1v) is 3.85. The zero-order valence-electron chi connectivity index (χ0n) is 7.36. The lowest BCUT2D eigenvalue weighted by molar-refractivity contribution is 0.318. The molecule has 1 rings (SSSR count). The van der Waals surface area contributed by atoms with E-state index in [4.69, 9.17) is 10.9 Å². The van der Waals surface area contributed by atoms with Gasteiger partial charge in [-0.05, 0) is 24.7 Å². The summed E-state index contributed by atoms with van der Waals surface area (Å²) >= 11 is 0. The van der Waals surface area contributed by atoms with Gasteiger partial charge in [0.1, 0.15) is 5.69 Å². The van der Waals surface area contributed by atoms with Crippen molar-refractivity contribution in [2.45, 2.75) is 6.54 Å². The van der Waals surface area contributed by atoms with Crippen LogP contribution in [0.3, 0.4) is 0 Å². The van der Waals surface area contributed by atoms with Gasteiger partial charge in [0.25, 0.3) is 0 Å². The van der Waals surface area contributed by atoms with E-state index in [-0.39, 0.29) is 5.84 Å². The molecule has 1 aromatic heterocycles. The van der Waals surface area contributed by atoms with Crippen LogP contribution in [0.4, 0.5) is 0 Å². The number of oxime groups is 1. The highest BCUT2D eigenvalue weighted by Gasteiger charge is 2.00. The van der Waals surface area contributed by atoms with Crippen LogP contribution in [0.1, 0.15) is 11.3 Å². The minimum atomic E-state index is 0.0259. The summed E-state index contributed by atoms with van der Waals surface area (Å²) in [6, 6.07) is 3.64. The lowest BCUT2D eigenvalue weighted by Crippen LogP contribution is -2.16. The van der Waals surface area contributed by atoms with E-state index in [2.05, 4.69) is 15.5 Å². The second-order valence-electron chi connectivity index (χ2n) is 2.56. The van der Waals surface area contributed by atoms with Crippen molar-refractivity contribution in [1.29, 1.82) is 0 Å². The summed E-state index contributed by atoms with van der Waals surface area (Å²) in [6.07, 6.45) is 1.63. The third kappa shape index (κ3) is 2.41. The van der Waals surface area contributed by atoms with Crippen LogP contribution >= 0.6 is 0 Å². The van der Waals surface area contributed by atoms with Crippen molar-refractivity contribution in [3.63, 3.8) is 0 Å².